The lowest BCUT2D eigenvalue weighted by Gasteiger charge is -2.34. The third kappa shape index (κ3) is 4.03. The maximum atomic E-state index is 10.9. The minimum Gasteiger partial charge on any atom is -0.481 e. The van der Waals surface area contributed by atoms with E-state index in [9.17, 15) is 9.90 Å². The van der Waals surface area contributed by atoms with E-state index >= 15 is 0 Å². The first-order valence-corrected chi connectivity index (χ1v) is 7.51. The van der Waals surface area contributed by atoms with Crippen LogP contribution in [0.3, 0.4) is 0 Å². The van der Waals surface area contributed by atoms with Crippen molar-refractivity contribution in [3.05, 3.63) is 21.9 Å². The smallest absolute Gasteiger partial charge is 0.306 e. The van der Waals surface area contributed by atoms with Crippen LogP contribution in [0.1, 0.15) is 35.4 Å². The molecular weight excluding hydrogens is 262 g/mol. The fraction of sp³-hybridized carbons (Fsp3) is 0.643. The van der Waals surface area contributed by atoms with Crippen molar-refractivity contribution in [2.45, 2.75) is 44.8 Å². The van der Waals surface area contributed by atoms with E-state index in [0.717, 1.165) is 6.54 Å². The highest BCUT2D eigenvalue weighted by atomic mass is 32.1. The maximum absolute atomic E-state index is 10.9. The quantitative estimate of drug-likeness (QED) is 0.774. The molecule has 0 amide bonds. The molecule has 1 aromatic rings. The van der Waals surface area contributed by atoms with Crippen molar-refractivity contribution in [1.82, 2.24) is 5.32 Å². The van der Waals surface area contributed by atoms with Crippen molar-refractivity contribution in [1.29, 1.82) is 0 Å². The zero-order chi connectivity index (χ0) is 13.9. The van der Waals surface area contributed by atoms with Crippen LogP contribution in [0.4, 0.5) is 0 Å². The summed E-state index contributed by atoms with van der Waals surface area (Å²) in [5.74, 6) is -1.01. The number of carbonyl (C=O) groups is 1. The molecule has 0 saturated heterocycles. The van der Waals surface area contributed by atoms with Gasteiger partial charge < -0.3 is 15.5 Å². The lowest BCUT2D eigenvalue weighted by Crippen LogP contribution is -2.44. The van der Waals surface area contributed by atoms with E-state index in [2.05, 4.69) is 24.4 Å². The van der Waals surface area contributed by atoms with Crippen LogP contribution in [0.15, 0.2) is 12.1 Å². The predicted octanol–water partition coefficient (Wildman–Crippen LogP) is 2.15. The molecule has 0 unspecified atom stereocenters. The van der Waals surface area contributed by atoms with Crippen molar-refractivity contribution in [2.75, 3.05) is 6.54 Å². The van der Waals surface area contributed by atoms with Crippen molar-refractivity contribution < 1.29 is 15.0 Å². The van der Waals surface area contributed by atoms with Gasteiger partial charge in [0.05, 0.1) is 11.5 Å². The van der Waals surface area contributed by atoms with E-state index in [0.29, 0.717) is 32.2 Å². The Morgan fingerprint density at radius 2 is 2.16 bits per heavy atom. The van der Waals surface area contributed by atoms with E-state index in [1.165, 1.54) is 9.75 Å². The van der Waals surface area contributed by atoms with Gasteiger partial charge in [-0.1, -0.05) is 0 Å². The van der Waals surface area contributed by atoms with Gasteiger partial charge in [0.25, 0.3) is 0 Å². The summed E-state index contributed by atoms with van der Waals surface area (Å²) in [6.45, 7) is 3.38. The van der Waals surface area contributed by atoms with Crippen molar-refractivity contribution in [2.24, 2.45) is 5.92 Å². The lowest BCUT2D eigenvalue weighted by atomic mass is 9.79. The minimum absolute atomic E-state index is 0.278. The number of carboxylic acids is 1. The SMILES string of the molecule is Cc1ccc(CNCC2(O)CCC(C(=O)O)CC2)s1. The molecule has 0 atom stereocenters. The first-order chi connectivity index (χ1) is 8.98. The number of aliphatic carboxylic acids is 1. The summed E-state index contributed by atoms with van der Waals surface area (Å²) in [6.07, 6.45) is 2.29. The van der Waals surface area contributed by atoms with Crippen LogP contribution >= 0.6 is 11.3 Å². The molecule has 1 fully saturated rings. The molecule has 1 aliphatic rings. The van der Waals surface area contributed by atoms with Gasteiger partial charge in [-0.15, -0.1) is 11.3 Å². The fourth-order valence-corrected chi connectivity index (χ4v) is 3.44. The van der Waals surface area contributed by atoms with Crippen LogP contribution in [-0.2, 0) is 11.3 Å². The van der Waals surface area contributed by atoms with Crippen LogP contribution in [0.5, 0.6) is 0 Å². The zero-order valence-corrected chi connectivity index (χ0v) is 12.0. The highest BCUT2D eigenvalue weighted by Gasteiger charge is 2.35. The number of rotatable bonds is 5. The summed E-state index contributed by atoms with van der Waals surface area (Å²) in [7, 11) is 0. The summed E-state index contributed by atoms with van der Waals surface area (Å²) in [4.78, 5) is 13.4. The molecule has 1 aliphatic carbocycles. The summed E-state index contributed by atoms with van der Waals surface area (Å²) < 4.78 is 0. The Hall–Kier alpha value is -0.910. The second kappa shape index (κ2) is 6.03. The monoisotopic (exact) mass is 283 g/mol. The molecule has 4 nitrogen and oxygen atoms in total. The summed E-state index contributed by atoms with van der Waals surface area (Å²) in [6, 6.07) is 4.19. The van der Waals surface area contributed by atoms with Gasteiger partial charge in [0.1, 0.15) is 0 Å². The van der Waals surface area contributed by atoms with Crippen molar-refractivity contribution in [3.63, 3.8) is 0 Å². The van der Waals surface area contributed by atoms with Crippen LogP contribution in [0.2, 0.25) is 0 Å². The summed E-state index contributed by atoms with van der Waals surface area (Å²) in [5, 5.41) is 22.6. The maximum Gasteiger partial charge on any atom is 0.306 e. The van der Waals surface area contributed by atoms with E-state index < -0.39 is 11.6 Å². The van der Waals surface area contributed by atoms with Crippen LogP contribution in [0.25, 0.3) is 0 Å². The third-order valence-corrected chi connectivity index (χ3v) is 4.82. The number of aryl methyl sites for hydroxylation is 1. The molecule has 1 saturated carbocycles. The first-order valence-electron chi connectivity index (χ1n) is 6.70. The third-order valence-electron chi connectivity index (χ3n) is 3.81. The number of aliphatic hydroxyl groups is 1. The van der Waals surface area contributed by atoms with Gasteiger partial charge in [-0.05, 0) is 44.7 Å². The largest absolute Gasteiger partial charge is 0.481 e. The van der Waals surface area contributed by atoms with E-state index in [4.69, 9.17) is 5.11 Å². The van der Waals surface area contributed by atoms with Crippen LogP contribution < -0.4 is 5.32 Å². The standard InChI is InChI=1S/C14H21NO3S/c1-10-2-3-12(19-10)8-15-9-14(18)6-4-11(5-7-14)13(16)17/h2-3,11,15,18H,4-9H2,1H3,(H,16,17). The molecule has 0 bridgehead atoms. The highest BCUT2D eigenvalue weighted by molar-refractivity contribution is 7.11. The molecule has 2 rings (SSSR count). The molecule has 19 heavy (non-hydrogen) atoms. The molecular formula is C14H21NO3S. The zero-order valence-electron chi connectivity index (χ0n) is 11.2. The van der Waals surface area contributed by atoms with Gasteiger partial charge in [0.2, 0.25) is 0 Å². The van der Waals surface area contributed by atoms with E-state index in [1.807, 2.05) is 0 Å². The van der Waals surface area contributed by atoms with Gasteiger partial charge in [-0.2, -0.15) is 0 Å². The molecule has 0 aromatic carbocycles. The molecule has 1 aromatic heterocycles. The van der Waals surface area contributed by atoms with Gasteiger partial charge in [0, 0.05) is 22.8 Å². The molecule has 0 aliphatic heterocycles. The van der Waals surface area contributed by atoms with Crippen LogP contribution in [0, 0.1) is 12.8 Å². The second-order valence-corrected chi connectivity index (χ2v) is 6.83. The Labute approximate surface area is 117 Å². The average Bonchev–Trinajstić information content (AvgIpc) is 2.75. The lowest BCUT2D eigenvalue weighted by molar-refractivity contribution is -0.144. The first kappa shape index (κ1) is 14.5. The normalized spacial score (nSPS) is 27.4. The Balaban J connectivity index is 1.75. The number of hydrogen-bond donors (Lipinski definition) is 3. The Bertz CT molecular complexity index is 436. The molecule has 0 spiro atoms. The topological polar surface area (TPSA) is 69.6 Å². The Kier molecular flexibility index (Phi) is 4.60. The predicted molar refractivity (Wildman–Crippen MR) is 75.3 cm³/mol. The summed E-state index contributed by atoms with van der Waals surface area (Å²) >= 11 is 1.76. The van der Waals surface area contributed by atoms with E-state index in [1.54, 1.807) is 11.3 Å². The highest BCUT2D eigenvalue weighted by Crippen LogP contribution is 2.31. The Morgan fingerprint density at radius 1 is 1.47 bits per heavy atom. The van der Waals surface area contributed by atoms with E-state index in [-0.39, 0.29) is 5.92 Å². The molecule has 0 radical (unpaired) electrons. The number of hydrogen-bond acceptors (Lipinski definition) is 4. The minimum atomic E-state index is -0.738. The second-order valence-electron chi connectivity index (χ2n) is 5.45. The fourth-order valence-electron chi connectivity index (χ4n) is 2.58. The number of nitrogens with one attached hydrogen (secondary N) is 1. The number of carboxylic acid groups (broad SMARTS) is 1. The van der Waals surface area contributed by atoms with Crippen LogP contribution in [-0.4, -0.2) is 28.3 Å². The Morgan fingerprint density at radius 3 is 2.68 bits per heavy atom. The van der Waals surface area contributed by atoms with Crippen molar-refractivity contribution >= 4 is 17.3 Å². The number of thiophene rings is 1. The molecule has 5 heteroatoms. The molecule has 106 valence electrons. The van der Waals surface area contributed by atoms with Crippen molar-refractivity contribution in [3.8, 4) is 0 Å². The average molecular weight is 283 g/mol. The van der Waals surface area contributed by atoms with Gasteiger partial charge in [-0.3, -0.25) is 4.79 Å². The molecule has 1 heterocycles. The van der Waals surface area contributed by atoms with Gasteiger partial charge in [0.15, 0.2) is 0 Å². The van der Waals surface area contributed by atoms with Gasteiger partial charge >= 0.3 is 5.97 Å². The molecule has 3 N–H and O–H groups in total. The van der Waals surface area contributed by atoms with Gasteiger partial charge in [-0.25, -0.2) is 0 Å². The summed E-state index contributed by atoms with van der Waals surface area (Å²) in [5.41, 5.74) is -0.738.